The van der Waals surface area contributed by atoms with Crippen LogP contribution in [0.15, 0.2) is 11.1 Å². The Balaban J connectivity index is 1.76. The molecule has 1 saturated heterocycles. The fourth-order valence-corrected chi connectivity index (χ4v) is 8.34. The molecule has 1 fully saturated rings. The molecule has 1 aliphatic rings. The van der Waals surface area contributed by atoms with E-state index in [1.54, 1.807) is 18.4 Å². The van der Waals surface area contributed by atoms with Crippen molar-refractivity contribution in [2.24, 2.45) is 5.92 Å². The van der Waals surface area contributed by atoms with Crippen molar-refractivity contribution in [3.8, 4) is 0 Å². The molecule has 1 aliphatic heterocycles. The highest BCUT2D eigenvalue weighted by Crippen LogP contribution is 2.50. The van der Waals surface area contributed by atoms with E-state index < -0.39 is 38.6 Å². The molecule has 2 N–H and O–H groups in total. The number of amides is 1. The van der Waals surface area contributed by atoms with Gasteiger partial charge in [0.1, 0.15) is 18.8 Å². The Labute approximate surface area is 320 Å². The first kappa shape index (κ1) is 43.3. The summed E-state index contributed by atoms with van der Waals surface area (Å²) < 4.78 is 38.5. The molecule has 2 unspecified atom stereocenters. The van der Waals surface area contributed by atoms with Crippen LogP contribution in [0, 0.1) is 12.5 Å². The number of hydrogen-bond acceptors (Lipinski definition) is 9. The summed E-state index contributed by atoms with van der Waals surface area (Å²) in [7, 11) is -1.66. The highest BCUT2D eigenvalue weighted by Gasteiger charge is 2.48. The summed E-state index contributed by atoms with van der Waals surface area (Å²) in [5, 5.41) is 2.68. The number of fused-ring (bicyclic) bond motifs is 1. The lowest BCUT2D eigenvalue weighted by Gasteiger charge is -2.37. The summed E-state index contributed by atoms with van der Waals surface area (Å²) in [5.41, 5.74) is -0.185. The first-order chi connectivity index (χ1) is 26.0. The van der Waals surface area contributed by atoms with Crippen LogP contribution in [0.1, 0.15) is 153 Å². The van der Waals surface area contributed by atoms with Gasteiger partial charge in [0.2, 0.25) is 18.4 Å². The molecule has 0 saturated carbocycles. The van der Waals surface area contributed by atoms with Crippen LogP contribution < -0.4 is 10.9 Å². The lowest BCUT2D eigenvalue weighted by molar-refractivity contribution is -0.118. The first-order valence-electron chi connectivity index (χ1n) is 20.8. The van der Waals surface area contributed by atoms with Gasteiger partial charge in [-0.3, -0.25) is 24.5 Å². The Morgan fingerprint density at radius 1 is 1.00 bits per heavy atom. The molecule has 5 atom stereocenters. The van der Waals surface area contributed by atoms with Crippen LogP contribution in [0.2, 0.25) is 0 Å². The summed E-state index contributed by atoms with van der Waals surface area (Å²) in [4.78, 5) is 40.5. The topological polar surface area (TPSA) is 137 Å². The molecule has 2 aromatic heterocycles. The van der Waals surface area contributed by atoms with Gasteiger partial charge in [-0.05, 0) is 41.0 Å². The van der Waals surface area contributed by atoms with E-state index in [0.717, 1.165) is 19.3 Å². The minimum absolute atomic E-state index is 0.0110. The highest BCUT2D eigenvalue weighted by molar-refractivity contribution is 7.44. The van der Waals surface area contributed by atoms with Crippen LogP contribution in [-0.2, 0) is 23.3 Å². The average molecular weight is 763 g/mol. The van der Waals surface area contributed by atoms with E-state index in [4.69, 9.17) is 26.5 Å². The summed E-state index contributed by atoms with van der Waals surface area (Å²) in [6.07, 6.45) is 16.2. The van der Waals surface area contributed by atoms with Gasteiger partial charge in [0.25, 0.3) is 14.1 Å². The summed E-state index contributed by atoms with van der Waals surface area (Å²) in [6, 6.07) is 0.166. The van der Waals surface area contributed by atoms with E-state index in [2.05, 4.69) is 64.4 Å². The molecule has 0 aromatic carbocycles. The second-order valence-corrected chi connectivity index (χ2v) is 16.4. The molecule has 0 spiro atoms. The number of H-pyrrole nitrogens is 1. The lowest BCUT2D eigenvalue weighted by atomic mass is 10.0. The van der Waals surface area contributed by atoms with E-state index in [1.807, 2.05) is 0 Å². The zero-order valence-corrected chi connectivity index (χ0v) is 34.4. The van der Waals surface area contributed by atoms with Gasteiger partial charge in [-0.25, -0.2) is 16.2 Å². The maximum atomic E-state index is 13.1. The van der Waals surface area contributed by atoms with Crippen LogP contribution in [0.5, 0.6) is 0 Å². The van der Waals surface area contributed by atoms with Crippen LogP contribution in [0.25, 0.3) is 16.0 Å². The first-order valence-corrected chi connectivity index (χ1v) is 21.2. The molecule has 0 radical (unpaired) electrons. The number of carbonyl (C=O) groups is 1. The number of anilines is 1. The van der Waals surface area contributed by atoms with Crippen molar-refractivity contribution in [3.05, 3.63) is 28.1 Å². The Morgan fingerprint density at radius 3 is 2.15 bits per heavy atom. The molecule has 13 nitrogen and oxygen atoms in total. The quantitative estimate of drug-likeness (QED) is 0.0519. The smallest absolute Gasteiger partial charge is 0.280 e. The Morgan fingerprint density at radius 2 is 1.60 bits per heavy atom. The number of nitrogens with one attached hydrogen (secondary N) is 2. The second kappa shape index (κ2) is 24.1. The van der Waals surface area contributed by atoms with Gasteiger partial charge >= 0.3 is 0 Å². The van der Waals surface area contributed by atoms with Crippen LogP contribution in [-0.4, -0.2) is 80.3 Å². The number of nitrogens with zero attached hydrogens (tertiary/aromatic N) is 5. The number of unbranched alkanes of at least 4 members (excludes halogenated alkanes) is 13. The van der Waals surface area contributed by atoms with Gasteiger partial charge in [-0.15, -0.1) is 0 Å². The van der Waals surface area contributed by atoms with E-state index in [0.29, 0.717) is 6.61 Å². The SMILES string of the molecule is [2H]C[C@H]1OC(n2cnc3c(=O)[nH]c(NC(=O)C(C)C)nc32)[C@H](OCCCCCCCCCCCCCCCC)[C@@H]1OP(OCC[N+]#[C-])N(C(C)C)C(C)C. The molecule has 2 aromatic rings. The summed E-state index contributed by atoms with van der Waals surface area (Å²) in [5.74, 6) is -0.596. The summed E-state index contributed by atoms with van der Waals surface area (Å²) >= 11 is 0. The Bertz CT molecular complexity index is 1460. The zero-order valence-electron chi connectivity index (χ0n) is 34.5. The third-order valence-electron chi connectivity index (χ3n) is 9.43. The average Bonchev–Trinajstić information content (AvgIpc) is 3.70. The van der Waals surface area contributed by atoms with Crippen molar-refractivity contribution in [2.75, 3.05) is 25.1 Å². The third kappa shape index (κ3) is 14.3. The van der Waals surface area contributed by atoms with Crippen molar-refractivity contribution >= 4 is 31.5 Å². The molecular formula is C39H68N7O6P. The number of imidazole rings is 1. The number of ether oxygens (including phenoxy) is 2. The molecule has 3 rings (SSSR count). The number of aromatic nitrogens is 4. The standard InChI is InChI=1S/C39H68N7O6P/c1-10-11-12-13-14-15-16-17-18-19-20-21-22-23-25-49-34-33(52-53(50-26-24-40-9)46(29(4)5)30(6)7)31(8)51-38(34)45-27-41-32-35(45)42-39(44-37(32)48)43-36(47)28(2)3/h27-31,33-34,38H,10-26H2,1-8H3,(H2,42,43,44,47,48)/t31-,33-,34-,38?,53?/m1/s1/i8D. The molecule has 300 valence electrons. The normalized spacial score (nSPS) is 19.8. The monoisotopic (exact) mass is 763 g/mol. The van der Waals surface area contributed by atoms with E-state index in [1.165, 1.54) is 77.0 Å². The van der Waals surface area contributed by atoms with Crippen LogP contribution in [0.3, 0.4) is 0 Å². The molecular weight excluding hydrogens is 693 g/mol. The molecule has 0 aliphatic carbocycles. The second-order valence-electron chi connectivity index (χ2n) is 15.0. The van der Waals surface area contributed by atoms with Gasteiger partial charge in [0.05, 0.1) is 12.4 Å². The van der Waals surface area contributed by atoms with Crippen molar-refractivity contribution in [3.63, 3.8) is 0 Å². The molecule has 0 bridgehead atoms. The van der Waals surface area contributed by atoms with E-state index in [9.17, 15) is 9.59 Å². The fourth-order valence-electron chi connectivity index (χ4n) is 6.58. The number of hydrogen-bond donors (Lipinski definition) is 2. The van der Waals surface area contributed by atoms with Gasteiger partial charge < -0.3 is 23.4 Å². The van der Waals surface area contributed by atoms with Crippen molar-refractivity contribution in [2.45, 2.75) is 182 Å². The maximum absolute atomic E-state index is 13.1. The van der Waals surface area contributed by atoms with Gasteiger partial charge in [0.15, 0.2) is 17.4 Å². The predicted octanol–water partition coefficient (Wildman–Crippen LogP) is 9.16. The van der Waals surface area contributed by atoms with E-state index >= 15 is 0 Å². The summed E-state index contributed by atoms with van der Waals surface area (Å²) in [6.45, 7) is 22.1. The highest BCUT2D eigenvalue weighted by atomic mass is 31.2. The van der Waals surface area contributed by atoms with Crippen molar-refractivity contribution in [1.29, 1.82) is 0 Å². The van der Waals surface area contributed by atoms with Crippen molar-refractivity contribution < 1.29 is 24.7 Å². The molecule has 3 heterocycles. The van der Waals surface area contributed by atoms with Crippen LogP contribution >= 0.6 is 8.53 Å². The molecule has 53 heavy (non-hydrogen) atoms. The number of carbonyl (C=O) groups excluding carboxylic acids is 1. The Kier molecular flexibility index (Phi) is 19.7. The molecule has 1 amide bonds. The van der Waals surface area contributed by atoms with Gasteiger partial charge in [0, 0.05) is 26.0 Å². The number of rotatable bonds is 27. The zero-order chi connectivity index (χ0) is 39.5. The van der Waals surface area contributed by atoms with E-state index in [-0.39, 0.29) is 61.1 Å². The minimum Gasteiger partial charge on any atom is -0.371 e. The van der Waals surface area contributed by atoms with Gasteiger partial charge in [-0.1, -0.05) is 104 Å². The largest absolute Gasteiger partial charge is 0.371 e. The number of aromatic amines is 1. The lowest BCUT2D eigenvalue weighted by Crippen LogP contribution is -2.39. The van der Waals surface area contributed by atoms with Crippen LogP contribution in [0.4, 0.5) is 5.95 Å². The maximum Gasteiger partial charge on any atom is 0.280 e. The fraction of sp³-hybridized carbons (Fsp3) is 0.821. The minimum atomic E-state index is -1.66. The predicted molar refractivity (Wildman–Crippen MR) is 213 cm³/mol. The van der Waals surface area contributed by atoms with Crippen molar-refractivity contribution in [1.82, 2.24) is 24.2 Å². The molecule has 14 heteroatoms. The Hall–Kier alpha value is -2.46. The third-order valence-corrected chi connectivity index (χ3v) is 11.6. The van der Waals surface area contributed by atoms with Gasteiger partial charge in [-0.2, -0.15) is 4.98 Å².